The fraction of sp³-hybridized carbons (Fsp3) is 0.467. The molecule has 156 valence electrons. The number of aryl methyl sites for hydroxylation is 1. The Morgan fingerprint density at radius 1 is 1.04 bits per heavy atom. The first-order valence-corrected chi connectivity index (χ1v) is 9.24. The molecule has 0 fully saturated rings. The zero-order chi connectivity index (χ0) is 21.6. The van der Waals surface area contributed by atoms with Gasteiger partial charge in [-0.05, 0) is 32.8 Å². The summed E-state index contributed by atoms with van der Waals surface area (Å²) in [7, 11) is -3.16. The molecule has 0 amide bonds. The van der Waals surface area contributed by atoms with Gasteiger partial charge in [0.15, 0.2) is 0 Å². The second-order valence-electron chi connectivity index (χ2n) is 5.35. The maximum Gasteiger partial charge on any atom is 0.341 e. The molecular formula is C15H21ClN4O8. The van der Waals surface area contributed by atoms with Crippen LogP contribution in [-0.4, -0.2) is 39.6 Å². The number of hydrogen-bond acceptors (Lipinski definition) is 9. The molecule has 12 nitrogen and oxygen atoms in total. The van der Waals surface area contributed by atoms with Crippen LogP contribution in [0.1, 0.15) is 46.0 Å². The van der Waals surface area contributed by atoms with Crippen molar-refractivity contribution in [2.24, 2.45) is 7.05 Å². The molecule has 0 aliphatic rings. The molecule has 0 unspecified atom stereocenters. The summed E-state index contributed by atoms with van der Waals surface area (Å²) in [5, 5.41) is 4.10. The molecule has 0 aromatic carbocycles. The summed E-state index contributed by atoms with van der Waals surface area (Å²) in [6.45, 7) is 7.40. The average Bonchev–Trinajstić information content (AvgIpc) is 3.07. The summed E-state index contributed by atoms with van der Waals surface area (Å²) in [4.78, 5) is 24.6. The van der Waals surface area contributed by atoms with Gasteiger partial charge in [0.1, 0.15) is 7.05 Å². The molecule has 13 heteroatoms. The maximum absolute atomic E-state index is 12.3. The highest BCUT2D eigenvalue weighted by Gasteiger charge is 2.31. The summed E-state index contributed by atoms with van der Waals surface area (Å²) >= 11 is 0. The highest BCUT2D eigenvalue weighted by molar-refractivity contribution is 6.05. The molecule has 0 N–H and O–H groups in total. The summed E-state index contributed by atoms with van der Waals surface area (Å²) < 4.78 is 49.2. The van der Waals surface area contributed by atoms with Crippen LogP contribution in [0.4, 0.5) is 0 Å². The molecule has 0 radical (unpaired) electrons. The van der Waals surface area contributed by atoms with Gasteiger partial charge in [-0.1, -0.05) is 0 Å². The number of aromatic nitrogens is 4. The van der Waals surface area contributed by atoms with E-state index < -0.39 is 22.2 Å². The first kappa shape index (κ1) is 23.5. The standard InChI is InChI=1S/C15H21N4O4.ClHO4/c1-6-22-14(20)12-10(3)19(18-8-16-17(5)9-18)11(4)13(12)15(21)23-7-2;2-1(3,4)5/h8-9H,6-7H2,1-5H3;(H,2,3,4,5)/q+1;/p-1. The largest absolute Gasteiger partial charge is 0.462 e. The van der Waals surface area contributed by atoms with E-state index in [-0.39, 0.29) is 24.3 Å². The number of hydrogen-bond donors (Lipinski definition) is 0. The van der Waals surface area contributed by atoms with Crippen LogP contribution >= 0.6 is 0 Å². The Morgan fingerprint density at radius 2 is 1.43 bits per heavy atom. The van der Waals surface area contributed by atoms with E-state index >= 15 is 0 Å². The normalized spacial score (nSPS) is 10.9. The second-order valence-corrected chi connectivity index (χ2v) is 6.11. The van der Waals surface area contributed by atoms with E-state index in [0.717, 1.165) is 0 Å². The van der Waals surface area contributed by atoms with Gasteiger partial charge in [-0.2, -0.15) is 4.68 Å². The molecule has 0 bridgehead atoms. The minimum Gasteiger partial charge on any atom is -0.462 e. The lowest BCUT2D eigenvalue weighted by atomic mass is 10.1. The second kappa shape index (κ2) is 9.61. The topological polar surface area (TPSA) is 171 Å². The molecule has 0 saturated heterocycles. The van der Waals surface area contributed by atoms with Gasteiger partial charge in [0.05, 0.1) is 35.7 Å². The Morgan fingerprint density at radius 3 is 1.71 bits per heavy atom. The third kappa shape index (κ3) is 6.00. The molecular weight excluding hydrogens is 400 g/mol. The van der Waals surface area contributed by atoms with E-state index in [1.54, 1.807) is 61.4 Å². The van der Waals surface area contributed by atoms with Crippen molar-refractivity contribution < 1.29 is 52.6 Å². The van der Waals surface area contributed by atoms with E-state index in [1.165, 1.54) is 0 Å². The molecule has 2 rings (SSSR count). The fourth-order valence-corrected chi connectivity index (χ4v) is 2.55. The fourth-order valence-electron chi connectivity index (χ4n) is 2.55. The number of nitrogens with zero attached hydrogens (tertiary/aromatic N) is 4. The minimum atomic E-state index is -4.94. The SMILES string of the molecule is CCOC(=O)c1c(C(=O)OCC)c(C)n(-n2cn[n+](C)c2)c1C.[O-][Cl+3]([O-])([O-])[O-]. The molecule has 2 heterocycles. The summed E-state index contributed by atoms with van der Waals surface area (Å²) in [6.07, 6.45) is 3.31. The number of rotatable bonds is 5. The zero-order valence-corrected chi connectivity index (χ0v) is 16.8. The van der Waals surface area contributed by atoms with E-state index in [2.05, 4.69) is 5.10 Å². The van der Waals surface area contributed by atoms with Gasteiger partial charge in [-0.15, -0.1) is 19.6 Å². The third-order valence-corrected chi connectivity index (χ3v) is 3.44. The zero-order valence-electron chi connectivity index (χ0n) is 16.0. The molecule has 0 spiro atoms. The Hall–Kier alpha value is -2.51. The van der Waals surface area contributed by atoms with Gasteiger partial charge in [-0.25, -0.2) is 28.2 Å². The smallest absolute Gasteiger partial charge is 0.341 e. The van der Waals surface area contributed by atoms with Gasteiger partial charge in [0.25, 0.3) is 6.33 Å². The van der Waals surface area contributed by atoms with Crippen LogP contribution in [0.2, 0.25) is 0 Å². The Balaban J connectivity index is 0.000000696. The number of halogens is 1. The highest BCUT2D eigenvalue weighted by Crippen LogP contribution is 2.24. The molecule has 2 aromatic rings. The van der Waals surface area contributed by atoms with Gasteiger partial charge in [0, 0.05) is 0 Å². The lowest BCUT2D eigenvalue weighted by molar-refractivity contribution is -2.00. The van der Waals surface area contributed by atoms with E-state index in [9.17, 15) is 9.59 Å². The number of carbonyl (C=O) groups excluding carboxylic acids is 2. The van der Waals surface area contributed by atoms with Gasteiger partial charge in [-0.3, -0.25) is 0 Å². The average molecular weight is 421 g/mol. The predicted molar refractivity (Wildman–Crippen MR) is 80.0 cm³/mol. The van der Waals surface area contributed by atoms with Crippen molar-refractivity contribution in [2.45, 2.75) is 27.7 Å². The Kier molecular flexibility index (Phi) is 8.08. The van der Waals surface area contributed by atoms with Crippen molar-refractivity contribution >= 4 is 11.9 Å². The first-order valence-electron chi connectivity index (χ1n) is 8.00. The van der Waals surface area contributed by atoms with E-state index in [4.69, 9.17) is 28.1 Å². The number of carbonyl (C=O) groups is 2. The van der Waals surface area contributed by atoms with E-state index in [0.29, 0.717) is 11.4 Å². The highest BCUT2D eigenvalue weighted by atomic mass is 35.7. The summed E-state index contributed by atoms with van der Waals surface area (Å²) in [5.74, 6) is -1.08. The summed E-state index contributed by atoms with van der Waals surface area (Å²) in [6, 6.07) is 0. The predicted octanol–water partition coefficient (Wildman–Crippen LogP) is -3.97. The number of esters is 2. The lowest BCUT2D eigenvalue weighted by Crippen LogP contribution is -2.68. The molecule has 2 aromatic heterocycles. The van der Waals surface area contributed by atoms with Crippen LogP contribution in [0.3, 0.4) is 0 Å². The Labute approximate surface area is 162 Å². The van der Waals surface area contributed by atoms with Crippen molar-refractivity contribution in [2.75, 3.05) is 13.2 Å². The lowest BCUT2D eigenvalue weighted by Gasteiger charge is -2.17. The maximum atomic E-state index is 12.3. The first-order chi connectivity index (χ1) is 12.9. The van der Waals surface area contributed by atoms with Gasteiger partial charge < -0.3 is 9.47 Å². The van der Waals surface area contributed by atoms with Gasteiger partial charge >= 0.3 is 11.9 Å². The molecule has 0 saturated carbocycles. The third-order valence-electron chi connectivity index (χ3n) is 3.44. The van der Waals surface area contributed by atoms with Crippen molar-refractivity contribution in [1.82, 2.24) is 14.5 Å². The van der Waals surface area contributed by atoms with Gasteiger partial charge in [0.2, 0.25) is 6.33 Å². The van der Waals surface area contributed by atoms with Crippen molar-refractivity contribution in [1.29, 1.82) is 0 Å². The number of ether oxygens (including phenoxy) is 2. The molecule has 28 heavy (non-hydrogen) atoms. The van der Waals surface area contributed by atoms with Crippen LogP contribution in [0.5, 0.6) is 0 Å². The Bertz CT molecular complexity index is 792. The van der Waals surface area contributed by atoms with Crippen molar-refractivity contribution in [3.8, 4) is 0 Å². The molecule has 0 atom stereocenters. The van der Waals surface area contributed by atoms with Crippen molar-refractivity contribution in [3.63, 3.8) is 0 Å². The summed E-state index contributed by atoms with van der Waals surface area (Å²) in [5.41, 5.74) is 1.61. The van der Waals surface area contributed by atoms with Crippen molar-refractivity contribution in [3.05, 3.63) is 35.2 Å². The van der Waals surface area contributed by atoms with E-state index in [1.807, 2.05) is 0 Å². The van der Waals surface area contributed by atoms with Crippen LogP contribution in [0.25, 0.3) is 0 Å². The van der Waals surface area contributed by atoms with Crippen LogP contribution in [-0.2, 0) is 16.5 Å². The minimum absolute atomic E-state index is 0.221. The quantitative estimate of drug-likeness (QED) is 0.345. The van der Waals surface area contributed by atoms with Crippen LogP contribution in [0, 0.1) is 24.1 Å². The molecule has 0 aliphatic carbocycles. The van der Waals surface area contributed by atoms with Crippen LogP contribution < -0.4 is 23.3 Å². The monoisotopic (exact) mass is 420 g/mol. The van der Waals surface area contributed by atoms with Crippen LogP contribution in [0.15, 0.2) is 12.7 Å². The molecule has 0 aliphatic heterocycles.